The van der Waals surface area contributed by atoms with Gasteiger partial charge >= 0.3 is 5.97 Å². The first kappa shape index (κ1) is 15.2. The minimum absolute atomic E-state index is 0.0478. The van der Waals surface area contributed by atoms with Gasteiger partial charge in [-0.15, -0.1) is 0 Å². The molecule has 2 nitrogen and oxygen atoms in total. The smallest absolute Gasteiger partial charge is 0.305 e. The lowest BCUT2D eigenvalue weighted by atomic mass is 10.1. The van der Waals surface area contributed by atoms with Crippen LogP contribution in [0.15, 0.2) is 12.2 Å². The fourth-order valence-electron chi connectivity index (χ4n) is 1.58. The zero-order valence-corrected chi connectivity index (χ0v) is 10.8. The number of esters is 1. The number of carbonyl (C=O) groups excluding carboxylic acids is 1. The molecule has 0 heterocycles. The molecule has 0 atom stereocenters. The van der Waals surface area contributed by atoms with Crippen molar-refractivity contribution in [3.05, 3.63) is 12.2 Å². The lowest BCUT2D eigenvalue weighted by molar-refractivity contribution is -0.143. The van der Waals surface area contributed by atoms with Crippen molar-refractivity contribution in [1.29, 1.82) is 0 Å². The van der Waals surface area contributed by atoms with E-state index in [4.69, 9.17) is 4.74 Å². The van der Waals surface area contributed by atoms with Gasteiger partial charge in [0.15, 0.2) is 0 Å². The molecule has 0 N–H and O–H groups in total. The Labute approximate surface area is 100 Å². The molecule has 0 aromatic heterocycles. The number of hydrogen-bond donors (Lipinski definition) is 0. The van der Waals surface area contributed by atoms with Crippen molar-refractivity contribution in [2.24, 2.45) is 0 Å². The van der Waals surface area contributed by atoms with Crippen LogP contribution < -0.4 is 0 Å². The molecule has 0 aromatic rings. The van der Waals surface area contributed by atoms with E-state index in [0.29, 0.717) is 13.0 Å². The summed E-state index contributed by atoms with van der Waals surface area (Å²) in [7, 11) is 0. The van der Waals surface area contributed by atoms with Gasteiger partial charge in [0, 0.05) is 6.42 Å². The molecule has 0 bridgehead atoms. The van der Waals surface area contributed by atoms with Gasteiger partial charge in [-0.3, -0.25) is 4.79 Å². The number of hydrogen-bond acceptors (Lipinski definition) is 2. The zero-order valence-electron chi connectivity index (χ0n) is 10.8. The molecule has 0 rings (SSSR count). The lowest BCUT2D eigenvalue weighted by Gasteiger charge is -2.01. The average Bonchev–Trinajstić information content (AvgIpc) is 2.27. The second-order valence-electron chi connectivity index (χ2n) is 3.99. The number of allylic oxidation sites excluding steroid dienone is 2. The third kappa shape index (κ3) is 11.3. The van der Waals surface area contributed by atoms with Gasteiger partial charge in [0.1, 0.15) is 0 Å². The van der Waals surface area contributed by atoms with Gasteiger partial charge in [0.25, 0.3) is 0 Å². The standard InChI is InChI=1S/C14H26O2/c1-3-5-6-7-8-9-10-11-12-13-14(15)16-4-2/h5-6H,3-4,7-13H2,1-2H3/b6-5+. The van der Waals surface area contributed by atoms with Crippen molar-refractivity contribution in [3.63, 3.8) is 0 Å². The summed E-state index contributed by atoms with van der Waals surface area (Å²) < 4.78 is 4.87. The Hall–Kier alpha value is -0.790. The van der Waals surface area contributed by atoms with Gasteiger partial charge in [-0.05, 0) is 32.6 Å². The summed E-state index contributed by atoms with van der Waals surface area (Å²) in [4.78, 5) is 11.0. The van der Waals surface area contributed by atoms with E-state index in [2.05, 4.69) is 19.1 Å². The first-order valence-electron chi connectivity index (χ1n) is 6.61. The molecule has 0 aliphatic heterocycles. The molecule has 0 saturated carbocycles. The number of rotatable bonds is 10. The molecule has 0 spiro atoms. The van der Waals surface area contributed by atoms with Crippen LogP contribution in [0.3, 0.4) is 0 Å². The maximum atomic E-state index is 11.0. The molecule has 0 aliphatic carbocycles. The number of unbranched alkanes of at least 4 members (excludes halogenated alkanes) is 5. The van der Waals surface area contributed by atoms with Crippen LogP contribution >= 0.6 is 0 Å². The van der Waals surface area contributed by atoms with E-state index >= 15 is 0 Å². The van der Waals surface area contributed by atoms with E-state index in [9.17, 15) is 4.79 Å². The summed E-state index contributed by atoms with van der Waals surface area (Å²) in [5.74, 6) is -0.0478. The molecule has 0 unspecified atom stereocenters. The molecule has 0 aromatic carbocycles. The van der Waals surface area contributed by atoms with Crippen molar-refractivity contribution in [1.82, 2.24) is 0 Å². The maximum absolute atomic E-state index is 11.0. The average molecular weight is 226 g/mol. The summed E-state index contributed by atoms with van der Waals surface area (Å²) in [5, 5.41) is 0. The Bertz CT molecular complexity index is 185. The molecule has 0 amide bonds. The third-order valence-corrected chi connectivity index (χ3v) is 2.46. The van der Waals surface area contributed by atoms with Crippen LogP contribution in [-0.4, -0.2) is 12.6 Å². The van der Waals surface area contributed by atoms with E-state index in [1.165, 1.54) is 25.7 Å². The topological polar surface area (TPSA) is 26.3 Å². The molecule has 16 heavy (non-hydrogen) atoms. The Morgan fingerprint density at radius 1 is 1.00 bits per heavy atom. The molecule has 0 fully saturated rings. The number of ether oxygens (including phenoxy) is 1. The Kier molecular flexibility index (Phi) is 11.7. The van der Waals surface area contributed by atoms with Crippen LogP contribution in [0.5, 0.6) is 0 Å². The second kappa shape index (κ2) is 12.3. The first-order chi connectivity index (χ1) is 7.81. The first-order valence-corrected chi connectivity index (χ1v) is 6.61. The van der Waals surface area contributed by atoms with E-state index in [1.54, 1.807) is 0 Å². The predicted molar refractivity (Wildman–Crippen MR) is 68.4 cm³/mol. The highest BCUT2D eigenvalue weighted by Gasteiger charge is 1.99. The maximum Gasteiger partial charge on any atom is 0.305 e. The summed E-state index contributed by atoms with van der Waals surface area (Å²) >= 11 is 0. The van der Waals surface area contributed by atoms with Crippen molar-refractivity contribution < 1.29 is 9.53 Å². The van der Waals surface area contributed by atoms with Crippen LogP contribution in [0, 0.1) is 0 Å². The largest absolute Gasteiger partial charge is 0.466 e. The van der Waals surface area contributed by atoms with Crippen molar-refractivity contribution >= 4 is 5.97 Å². The van der Waals surface area contributed by atoms with Crippen LogP contribution in [-0.2, 0) is 9.53 Å². The van der Waals surface area contributed by atoms with Gasteiger partial charge in [0.05, 0.1) is 6.61 Å². The third-order valence-electron chi connectivity index (χ3n) is 2.46. The van der Waals surface area contributed by atoms with Crippen LogP contribution in [0.4, 0.5) is 0 Å². The minimum atomic E-state index is -0.0478. The van der Waals surface area contributed by atoms with Gasteiger partial charge < -0.3 is 4.74 Å². The lowest BCUT2D eigenvalue weighted by Crippen LogP contribution is -2.03. The quantitative estimate of drug-likeness (QED) is 0.316. The number of carbonyl (C=O) groups is 1. The Morgan fingerprint density at radius 2 is 1.69 bits per heavy atom. The van der Waals surface area contributed by atoms with Crippen molar-refractivity contribution in [3.8, 4) is 0 Å². The van der Waals surface area contributed by atoms with Crippen molar-refractivity contribution in [2.45, 2.75) is 65.2 Å². The second-order valence-corrected chi connectivity index (χ2v) is 3.99. The fraction of sp³-hybridized carbons (Fsp3) is 0.786. The Balaban J connectivity index is 3.09. The molecular formula is C14H26O2. The summed E-state index contributed by atoms with van der Waals surface area (Å²) in [5.41, 5.74) is 0. The van der Waals surface area contributed by atoms with Gasteiger partial charge in [-0.2, -0.15) is 0 Å². The van der Waals surface area contributed by atoms with E-state index < -0.39 is 0 Å². The molecular weight excluding hydrogens is 200 g/mol. The van der Waals surface area contributed by atoms with Crippen molar-refractivity contribution in [2.75, 3.05) is 6.61 Å². The molecule has 0 aliphatic rings. The zero-order chi connectivity index (χ0) is 12.1. The minimum Gasteiger partial charge on any atom is -0.466 e. The SMILES string of the molecule is CC/C=C/CCCCCCCC(=O)OCC. The molecule has 2 heteroatoms. The van der Waals surface area contributed by atoms with E-state index in [1.807, 2.05) is 6.92 Å². The van der Waals surface area contributed by atoms with Crippen LogP contribution in [0.25, 0.3) is 0 Å². The normalized spacial score (nSPS) is 10.9. The highest BCUT2D eigenvalue weighted by Crippen LogP contribution is 2.08. The summed E-state index contributed by atoms with van der Waals surface area (Å²) in [6.07, 6.45) is 13.3. The molecule has 0 radical (unpaired) electrons. The van der Waals surface area contributed by atoms with E-state index in [0.717, 1.165) is 19.3 Å². The summed E-state index contributed by atoms with van der Waals surface area (Å²) in [6, 6.07) is 0. The van der Waals surface area contributed by atoms with Gasteiger partial charge in [-0.25, -0.2) is 0 Å². The monoisotopic (exact) mass is 226 g/mol. The Morgan fingerprint density at radius 3 is 2.38 bits per heavy atom. The predicted octanol–water partition coefficient (Wildman–Crippen LogP) is 4.25. The highest BCUT2D eigenvalue weighted by molar-refractivity contribution is 5.69. The molecule has 0 saturated heterocycles. The fourth-order valence-corrected chi connectivity index (χ4v) is 1.58. The van der Waals surface area contributed by atoms with Gasteiger partial charge in [0.2, 0.25) is 0 Å². The highest BCUT2D eigenvalue weighted by atomic mass is 16.5. The summed E-state index contributed by atoms with van der Waals surface area (Å²) in [6.45, 7) is 4.51. The molecule has 94 valence electrons. The van der Waals surface area contributed by atoms with Gasteiger partial charge in [-0.1, -0.05) is 38.3 Å². The van der Waals surface area contributed by atoms with E-state index in [-0.39, 0.29) is 5.97 Å². The van der Waals surface area contributed by atoms with Crippen LogP contribution in [0.2, 0.25) is 0 Å². The van der Waals surface area contributed by atoms with Crippen LogP contribution in [0.1, 0.15) is 65.2 Å².